The van der Waals surface area contributed by atoms with Gasteiger partial charge in [0.25, 0.3) is 0 Å². The van der Waals surface area contributed by atoms with E-state index in [4.69, 9.17) is 22.1 Å². The summed E-state index contributed by atoms with van der Waals surface area (Å²) in [5.74, 6) is -0.489. The number of benzene rings is 2. The van der Waals surface area contributed by atoms with Crippen LogP contribution in [0.2, 0.25) is 5.02 Å². The maximum absolute atomic E-state index is 13.9. The number of rotatable bonds is 5. The average molecular weight is 431 g/mol. The Morgan fingerprint density at radius 2 is 1.83 bits per heavy atom. The molecule has 1 unspecified atom stereocenters. The molecule has 1 aliphatic carbocycles. The Morgan fingerprint density at radius 3 is 2.50 bits per heavy atom. The molecule has 1 atom stereocenters. The third kappa shape index (κ3) is 4.01. The van der Waals surface area contributed by atoms with E-state index >= 15 is 0 Å². The Hall–Kier alpha value is -2.24. The number of aromatic nitrogens is 1. The molecule has 30 heavy (non-hydrogen) atoms. The molecule has 0 amide bonds. The molecule has 0 radical (unpaired) electrons. The van der Waals surface area contributed by atoms with Crippen LogP contribution in [0.5, 0.6) is 5.75 Å². The minimum Gasteiger partial charge on any atom is -0.489 e. The van der Waals surface area contributed by atoms with E-state index in [1.807, 2.05) is 25.1 Å². The van der Waals surface area contributed by atoms with Crippen LogP contribution in [0.3, 0.4) is 0 Å². The lowest BCUT2D eigenvalue weighted by Crippen LogP contribution is -2.49. The van der Waals surface area contributed by atoms with Crippen molar-refractivity contribution in [3.8, 4) is 5.75 Å². The van der Waals surface area contributed by atoms with Gasteiger partial charge in [0.05, 0.1) is 11.1 Å². The molecule has 158 valence electrons. The van der Waals surface area contributed by atoms with Crippen LogP contribution in [0.1, 0.15) is 44.6 Å². The zero-order valence-electron chi connectivity index (χ0n) is 16.9. The second-order valence-corrected chi connectivity index (χ2v) is 8.56. The number of hydrogen-bond acceptors (Lipinski definition) is 3. The molecule has 1 saturated carbocycles. The van der Waals surface area contributed by atoms with Crippen molar-refractivity contribution in [1.29, 1.82) is 0 Å². The second-order valence-electron chi connectivity index (χ2n) is 8.15. The first kappa shape index (κ1) is 21.0. The molecule has 1 fully saturated rings. The predicted molar refractivity (Wildman–Crippen MR) is 116 cm³/mol. The van der Waals surface area contributed by atoms with Gasteiger partial charge in [-0.25, -0.2) is 8.78 Å². The number of halogens is 3. The molecule has 2 N–H and O–H groups in total. The van der Waals surface area contributed by atoms with Crippen LogP contribution >= 0.6 is 11.6 Å². The van der Waals surface area contributed by atoms with Gasteiger partial charge in [0.15, 0.2) is 0 Å². The molecule has 2 aromatic carbocycles. The summed E-state index contributed by atoms with van der Waals surface area (Å²) in [4.78, 5) is 4.12. The Bertz CT molecular complexity index is 1030. The minimum atomic E-state index is -0.566. The molecular weight excluding hydrogens is 406 g/mol. The van der Waals surface area contributed by atoms with Gasteiger partial charge in [0, 0.05) is 35.3 Å². The highest BCUT2D eigenvalue weighted by atomic mass is 35.5. The zero-order valence-corrected chi connectivity index (χ0v) is 17.6. The number of fused-ring (bicyclic) bond motifs is 1. The third-order valence-corrected chi connectivity index (χ3v) is 6.69. The van der Waals surface area contributed by atoms with Crippen LogP contribution in [-0.2, 0) is 5.41 Å². The van der Waals surface area contributed by atoms with Crippen LogP contribution in [0.25, 0.3) is 10.8 Å². The largest absolute Gasteiger partial charge is 0.489 e. The first-order chi connectivity index (χ1) is 14.4. The van der Waals surface area contributed by atoms with E-state index < -0.39 is 17.0 Å². The molecule has 1 aromatic heterocycles. The van der Waals surface area contributed by atoms with Gasteiger partial charge in [0.2, 0.25) is 0 Å². The lowest BCUT2D eigenvalue weighted by atomic mass is 9.64. The first-order valence-electron chi connectivity index (χ1n) is 10.3. The van der Waals surface area contributed by atoms with Gasteiger partial charge in [0.1, 0.15) is 17.4 Å². The van der Waals surface area contributed by atoms with Crippen molar-refractivity contribution < 1.29 is 13.5 Å². The molecule has 3 aromatic rings. The lowest BCUT2D eigenvalue weighted by molar-refractivity contribution is 0.103. The zero-order chi connectivity index (χ0) is 21.3. The van der Waals surface area contributed by atoms with Crippen LogP contribution < -0.4 is 10.5 Å². The highest BCUT2D eigenvalue weighted by molar-refractivity contribution is 6.32. The second kappa shape index (κ2) is 8.48. The van der Waals surface area contributed by atoms with Crippen LogP contribution in [-0.4, -0.2) is 17.1 Å². The van der Waals surface area contributed by atoms with Gasteiger partial charge in [-0.1, -0.05) is 18.5 Å². The number of pyridine rings is 1. The van der Waals surface area contributed by atoms with Crippen molar-refractivity contribution in [1.82, 2.24) is 4.98 Å². The number of ether oxygens (including phenoxy) is 1. The Labute approximate surface area is 180 Å². The summed E-state index contributed by atoms with van der Waals surface area (Å²) in [5, 5.41) is 2.52. The molecule has 0 spiro atoms. The van der Waals surface area contributed by atoms with E-state index in [9.17, 15) is 8.78 Å². The molecule has 6 heteroatoms. The molecule has 0 aliphatic heterocycles. The summed E-state index contributed by atoms with van der Waals surface area (Å²) in [6.07, 6.45) is 7.07. The molecule has 1 aliphatic rings. The highest BCUT2D eigenvalue weighted by Gasteiger charge is 2.42. The van der Waals surface area contributed by atoms with E-state index in [1.165, 1.54) is 12.1 Å². The highest BCUT2D eigenvalue weighted by Crippen LogP contribution is 2.44. The number of nitrogens with zero attached hydrogens (tertiary/aromatic N) is 1. The molecule has 0 bridgehead atoms. The van der Waals surface area contributed by atoms with Gasteiger partial charge < -0.3 is 10.5 Å². The van der Waals surface area contributed by atoms with Crippen molar-refractivity contribution in [3.05, 3.63) is 71.0 Å². The maximum atomic E-state index is 13.9. The number of hydrogen-bond donors (Lipinski definition) is 1. The summed E-state index contributed by atoms with van der Waals surface area (Å²) in [6, 6.07) is 9.28. The van der Waals surface area contributed by atoms with Crippen LogP contribution in [0, 0.1) is 11.6 Å². The van der Waals surface area contributed by atoms with E-state index in [1.54, 1.807) is 12.4 Å². The van der Waals surface area contributed by atoms with Crippen molar-refractivity contribution in [2.45, 2.75) is 56.6 Å². The van der Waals surface area contributed by atoms with Gasteiger partial charge in [-0.15, -0.1) is 0 Å². The van der Waals surface area contributed by atoms with E-state index in [-0.39, 0.29) is 12.1 Å². The number of nitrogens with two attached hydrogens (primary N) is 1. The van der Waals surface area contributed by atoms with Crippen LogP contribution in [0.4, 0.5) is 8.78 Å². The lowest BCUT2D eigenvalue weighted by Gasteiger charge is -2.44. The van der Waals surface area contributed by atoms with Gasteiger partial charge in [-0.05, 0) is 73.4 Å². The fourth-order valence-corrected chi connectivity index (χ4v) is 4.90. The normalized spacial score (nSPS) is 22.8. The van der Waals surface area contributed by atoms with Crippen molar-refractivity contribution in [2.75, 3.05) is 0 Å². The monoisotopic (exact) mass is 430 g/mol. The molecular formula is C24H25ClF2N2O. The third-order valence-electron chi connectivity index (χ3n) is 6.40. The fourth-order valence-electron chi connectivity index (χ4n) is 4.69. The van der Waals surface area contributed by atoms with E-state index in [0.29, 0.717) is 29.2 Å². The van der Waals surface area contributed by atoms with E-state index in [2.05, 4.69) is 4.98 Å². The molecule has 4 rings (SSSR count). The summed E-state index contributed by atoms with van der Waals surface area (Å²) in [6.45, 7) is 2.01. The SMILES string of the molecule is CCC(N)C1(c2cc(F)cc(F)c2)CCC(Oc2cc3ccncc3cc2Cl)CC1. The summed E-state index contributed by atoms with van der Waals surface area (Å²) < 4.78 is 34.1. The minimum absolute atomic E-state index is 0.0302. The van der Waals surface area contributed by atoms with Gasteiger partial charge in [-0.3, -0.25) is 4.98 Å². The fraction of sp³-hybridized carbons (Fsp3) is 0.375. The maximum Gasteiger partial charge on any atom is 0.138 e. The standard InChI is InChI=1S/C24H25ClF2N2O/c1-2-23(28)24(17-11-18(26)13-19(27)12-17)6-3-20(4-7-24)30-22-10-15-5-8-29-14-16(15)9-21(22)25/h5,8-14,20,23H,2-4,6-7,28H2,1H3. The molecule has 0 saturated heterocycles. The average Bonchev–Trinajstić information content (AvgIpc) is 2.73. The van der Waals surface area contributed by atoms with Crippen molar-refractivity contribution >= 4 is 22.4 Å². The topological polar surface area (TPSA) is 48.1 Å². The van der Waals surface area contributed by atoms with Crippen molar-refractivity contribution in [2.24, 2.45) is 5.73 Å². The Balaban J connectivity index is 1.56. The Morgan fingerprint density at radius 1 is 1.13 bits per heavy atom. The van der Waals surface area contributed by atoms with Crippen molar-refractivity contribution in [3.63, 3.8) is 0 Å². The predicted octanol–water partition coefficient (Wildman–Crippen LogP) is 6.16. The summed E-state index contributed by atoms with van der Waals surface area (Å²) in [7, 11) is 0. The molecule has 3 nitrogen and oxygen atoms in total. The quantitative estimate of drug-likeness (QED) is 0.527. The van der Waals surface area contributed by atoms with Gasteiger partial charge in [-0.2, -0.15) is 0 Å². The van der Waals surface area contributed by atoms with E-state index in [0.717, 1.165) is 36.1 Å². The van der Waals surface area contributed by atoms with Gasteiger partial charge >= 0.3 is 0 Å². The Kier molecular flexibility index (Phi) is 5.94. The summed E-state index contributed by atoms with van der Waals surface area (Å²) >= 11 is 6.43. The summed E-state index contributed by atoms with van der Waals surface area (Å²) in [5.41, 5.74) is 6.67. The molecule has 1 heterocycles. The smallest absolute Gasteiger partial charge is 0.138 e. The first-order valence-corrected chi connectivity index (χ1v) is 10.7. The van der Waals surface area contributed by atoms with Crippen LogP contribution in [0.15, 0.2) is 48.8 Å².